The van der Waals surface area contributed by atoms with Crippen molar-refractivity contribution in [2.45, 2.75) is 50.4 Å². The second kappa shape index (κ2) is 9.90. The maximum atomic E-state index is 13.6. The zero-order chi connectivity index (χ0) is 27.9. The van der Waals surface area contributed by atoms with Gasteiger partial charge >= 0.3 is 12.5 Å². The molecule has 1 amide bonds. The van der Waals surface area contributed by atoms with E-state index in [0.29, 0.717) is 16.8 Å². The van der Waals surface area contributed by atoms with E-state index in [0.717, 1.165) is 30.5 Å². The fourth-order valence-corrected chi connectivity index (χ4v) is 4.43. The number of carbonyl (C=O) groups is 1. The van der Waals surface area contributed by atoms with Gasteiger partial charge in [-0.15, -0.1) is 13.2 Å². The van der Waals surface area contributed by atoms with Crippen LogP contribution >= 0.6 is 0 Å². The van der Waals surface area contributed by atoms with Gasteiger partial charge in [0.15, 0.2) is 0 Å². The largest absolute Gasteiger partial charge is 0.573 e. The number of hydrogen-bond donors (Lipinski definition) is 1. The average Bonchev–Trinajstić information content (AvgIpc) is 3.13. The molecule has 0 saturated carbocycles. The van der Waals surface area contributed by atoms with Crippen LogP contribution in [0.3, 0.4) is 0 Å². The van der Waals surface area contributed by atoms with Gasteiger partial charge in [0.25, 0.3) is 0 Å². The number of amides is 1. The zero-order valence-corrected chi connectivity index (χ0v) is 20.1. The van der Waals surface area contributed by atoms with Gasteiger partial charge in [-0.1, -0.05) is 18.2 Å². The molecule has 2 heterocycles. The summed E-state index contributed by atoms with van der Waals surface area (Å²) in [5.41, 5.74) is -1.01. The van der Waals surface area contributed by atoms with E-state index in [9.17, 15) is 35.5 Å². The number of hydrogen-bond acceptors (Lipinski definition) is 4. The van der Waals surface area contributed by atoms with Crippen LogP contribution in [-0.4, -0.2) is 23.3 Å². The van der Waals surface area contributed by atoms with Gasteiger partial charge in [-0.2, -0.15) is 13.2 Å². The lowest BCUT2D eigenvalue weighted by molar-refractivity contribution is -0.274. The summed E-state index contributed by atoms with van der Waals surface area (Å²) in [7, 11) is 0. The molecule has 0 aliphatic carbocycles. The Balaban J connectivity index is 1.65. The molecule has 1 aromatic heterocycles. The molecule has 0 spiro atoms. The van der Waals surface area contributed by atoms with E-state index in [1.807, 2.05) is 0 Å². The molecule has 12 heteroatoms. The maximum Gasteiger partial charge on any atom is 0.573 e. The summed E-state index contributed by atoms with van der Waals surface area (Å²) >= 11 is 0. The molecule has 2 aromatic carbocycles. The minimum atomic E-state index is -4.91. The number of nitrogens with zero attached hydrogens (tertiary/aromatic N) is 2. The standard InChI is InChI=1S/C26H22F7N3O2/c1-24(2,16-6-11-22(34-14-16)25(28,29)30)35-20-13-21(15-4-3-5-19(12-15)38-26(31,32)33)36(23(20)37)18-9-7-17(27)8-10-18/h3-12,14,20-21,35H,13H2,1-2H3/t20-,21-/m1/s1. The van der Waals surface area contributed by atoms with Crippen molar-refractivity contribution < 1.29 is 40.3 Å². The van der Waals surface area contributed by atoms with Gasteiger partial charge in [-0.25, -0.2) is 4.39 Å². The number of pyridine rings is 1. The fraction of sp³-hybridized carbons (Fsp3) is 0.308. The summed E-state index contributed by atoms with van der Waals surface area (Å²) in [4.78, 5) is 18.4. The first-order chi connectivity index (χ1) is 17.6. The number of ether oxygens (including phenoxy) is 1. The molecule has 1 aliphatic rings. The van der Waals surface area contributed by atoms with Gasteiger partial charge in [0, 0.05) is 17.4 Å². The predicted octanol–water partition coefficient (Wildman–Crippen LogP) is 6.51. The smallest absolute Gasteiger partial charge is 0.406 e. The highest BCUT2D eigenvalue weighted by molar-refractivity contribution is 6.00. The molecule has 0 bridgehead atoms. The highest BCUT2D eigenvalue weighted by Crippen LogP contribution is 2.40. The second-order valence-electron chi connectivity index (χ2n) is 9.31. The normalized spacial score (nSPS) is 18.7. The Kier molecular flexibility index (Phi) is 7.13. The van der Waals surface area contributed by atoms with E-state index in [4.69, 9.17) is 0 Å². The highest BCUT2D eigenvalue weighted by atomic mass is 19.4. The van der Waals surface area contributed by atoms with Gasteiger partial charge in [-0.3, -0.25) is 15.1 Å². The Bertz CT molecular complexity index is 1290. The first kappa shape index (κ1) is 27.4. The minimum Gasteiger partial charge on any atom is -0.406 e. The second-order valence-corrected chi connectivity index (χ2v) is 9.31. The van der Waals surface area contributed by atoms with E-state index in [1.54, 1.807) is 19.9 Å². The third kappa shape index (κ3) is 6.07. The number of anilines is 1. The Labute approximate surface area is 213 Å². The fourth-order valence-electron chi connectivity index (χ4n) is 4.43. The summed E-state index contributed by atoms with van der Waals surface area (Å²) in [6, 6.07) is 10.8. The number of aromatic nitrogens is 1. The van der Waals surface area contributed by atoms with Crippen LogP contribution in [-0.2, 0) is 16.5 Å². The molecule has 2 atom stereocenters. The van der Waals surface area contributed by atoms with Crippen LogP contribution in [0.5, 0.6) is 5.75 Å². The Morgan fingerprint density at radius 1 is 0.974 bits per heavy atom. The van der Waals surface area contributed by atoms with Crippen molar-refractivity contribution >= 4 is 11.6 Å². The van der Waals surface area contributed by atoms with Gasteiger partial charge < -0.3 is 9.64 Å². The molecule has 0 radical (unpaired) electrons. The predicted molar refractivity (Wildman–Crippen MR) is 124 cm³/mol. The van der Waals surface area contributed by atoms with Gasteiger partial charge in [0.2, 0.25) is 5.91 Å². The molecule has 0 unspecified atom stereocenters. The van der Waals surface area contributed by atoms with E-state index in [-0.39, 0.29) is 6.42 Å². The molecule has 3 aromatic rings. The molecule has 5 nitrogen and oxygen atoms in total. The van der Waals surface area contributed by atoms with Gasteiger partial charge in [0.1, 0.15) is 17.3 Å². The summed E-state index contributed by atoms with van der Waals surface area (Å²) in [5, 5.41) is 3.15. The van der Waals surface area contributed by atoms with Crippen molar-refractivity contribution in [2.75, 3.05) is 4.90 Å². The van der Waals surface area contributed by atoms with Crippen LogP contribution in [0.15, 0.2) is 66.9 Å². The molecular formula is C26H22F7N3O2. The third-order valence-electron chi connectivity index (χ3n) is 6.20. The van der Waals surface area contributed by atoms with Crippen molar-refractivity contribution in [2.24, 2.45) is 0 Å². The van der Waals surface area contributed by atoms with E-state index in [1.165, 1.54) is 35.2 Å². The third-order valence-corrected chi connectivity index (χ3v) is 6.20. The summed E-state index contributed by atoms with van der Waals surface area (Å²) in [6.45, 7) is 3.33. The van der Waals surface area contributed by atoms with Crippen LogP contribution in [0.2, 0.25) is 0 Å². The minimum absolute atomic E-state index is 0.100. The van der Waals surface area contributed by atoms with Gasteiger partial charge in [-0.05, 0) is 73.9 Å². The molecule has 38 heavy (non-hydrogen) atoms. The Morgan fingerprint density at radius 2 is 1.66 bits per heavy atom. The van der Waals surface area contributed by atoms with Crippen molar-refractivity contribution in [3.05, 3.63) is 89.5 Å². The lowest BCUT2D eigenvalue weighted by Crippen LogP contribution is -2.47. The average molecular weight is 541 g/mol. The van der Waals surface area contributed by atoms with Crippen LogP contribution in [0.1, 0.15) is 43.1 Å². The molecule has 1 saturated heterocycles. The van der Waals surface area contributed by atoms with E-state index < -0.39 is 53.3 Å². The quantitative estimate of drug-likeness (QED) is 0.362. The number of carbonyl (C=O) groups excluding carboxylic acids is 1. The lowest BCUT2D eigenvalue weighted by Gasteiger charge is -2.30. The number of alkyl halides is 6. The Morgan fingerprint density at radius 3 is 2.24 bits per heavy atom. The number of nitrogens with one attached hydrogen (secondary N) is 1. The van der Waals surface area contributed by atoms with E-state index in [2.05, 4.69) is 15.0 Å². The van der Waals surface area contributed by atoms with Crippen molar-refractivity contribution in [3.63, 3.8) is 0 Å². The van der Waals surface area contributed by atoms with Crippen LogP contribution in [0, 0.1) is 5.82 Å². The van der Waals surface area contributed by atoms with Crippen LogP contribution in [0.4, 0.5) is 36.4 Å². The molecule has 1 aliphatic heterocycles. The number of halogens is 7. The topological polar surface area (TPSA) is 54.5 Å². The molecule has 202 valence electrons. The number of rotatable bonds is 6. The monoisotopic (exact) mass is 541 g/mol. The molecule has 1 N–H and O–H groups in total. The number of benzene rings is 2. The van der Waals surface area contributed by atoms with Crippen LogP contribution < -0.4 is 15.0 Å². The Hall–Kier alpha value is -3.67. The summed E-state index contributed by atoms with van der Waals surface area (Å²) < 4.78 is 94.8. The van der Waals surface area contributed by atoms with E-state index >= 15 is 0 Å². The first-order valence-corrected chi connectivity index (χ1v) is 11.4. The highest BCUT2D eigenvalue weighted by Gasteiger charge is 2.44. The zero-order valence-electron chi connectivity index (χ0n) is 20.1. The van der Waals surface area contributed by atoms with Crippen molar-refractivity contribution in [1.82, 2.24) is 10.3 Å². The van der Waals surface area contributed by atoms with Crippen molar-refractivity contribution in [1.29, 1.82) is 0 Å². The SMILES string of the molecule is CC(C)(N[C@@H]1C[C@H](c2cccc(OC(F)(F)F)c2)N(c2ccc(F)cc2)C1=O)c1ccc(C(F)(F)F)nc1. The van der Waals surface area contributed by atoms with Gasteiger partial charge in [0.05, 0.1) is 12.1 Å². The van der Waals surface area contributed by atoms with Crippen LogP contribution in [0.25, 0.3) is 0 Å². The van der Waals surface area contributed by atoms with Crippen molar-refractivity contribution in [3.8, 4) is 5.75 Å². The maximum absolute atomic E-state index is 13.6. The summed E-state index contributed by atoms with van der Waals surface area (Å²) in [6.07, 6.45) is -8.35. The summed E-state index contributed by atoms with van der Waals surface area (Å²) in [5.74, 6) is -1.45. The molecule has 4 rings (SSSR count). The molecular weight excluding hydrogens is 519 g/mol. The molecule has 1 fully saturated rings. The lowest BCUT2D eigenvalue weighted by atomic mass is 9.93. The first-order valence-electron chi connectivity index (χ1n) is 11.4.